The molecule has 0 aliphatic rings. The Morgan fingerprint density at radius 3 is 2.63 bits per heavy atom. The number of benzene rings is 1. The monoisotopic (exact) mass is 306 g/mol. The van der Waals surface area contributed by atoms with E-state index in [1.165, 1.54) is 0 Å². The maximum absolute atomic E-state index is 11.3. The fourth-order valence-corrected chi connectivity index (χ4v) is 2.59. The van der Waals surface area contributed by atoms with Gasteiger partial charge in [0.2, 0.25) is 0 Å². The van der Waals surface area contributed by atoms with Crippen molar-refractivity contribution in [3.63, 3.8) is 0 Å². The van der Waals surface area contributed by atoms with Gasteiger partial charge in [-0.25, -0.2) is 8.42 Å². The van der Waals surface area contributed by atoms with Crippen LogP contribution >= 0.6 is 11.6 Å². The molecule has 0 fully saturated rings. The molecule has 4 nitrogen and oxygen atoms in total. The van der Waals surface area contributed by atoms with Gasteiger partial charge in [0, 0.05) is 11.3 Å². The molecule has 0 aliphatic carbocycles. The lowest BCUT2D eigenvalue weighted by atomic mass is 10.2. The second kappa shape index (κ2) is 7.60. The molecule has 0 spiro atoms. The van der Waals surface area contributed by atoms with Gasteiger partial charge in [0.05, 0.1) is 25.3 Å². The predicted molar refractivity (Wildman–Crippen MR) is 77.0 cm³/mol. The summed E-state index contributed by atoms with van der Waals surface area (Å²) in [6.07, 6.45) is 0.476. The minimum atomic E-state index is -2.93. The molecular formula is C13H19ClO4S. The van der Waals surface area contributed by atoms with Crippen molar-refractivity contribution in [3.05, 3.63) is 23.8 Å². The van der Waals surface area contributed by atoms with E-state index in [1.807, 2.05) is 6.07 Å². The molecule has 0 radical (unpaired) electrons. The van der Waals surface area contributed by atoms with Crippen LogP contribution in [0.2, 0.25) is 0 Å². The van der Waals surface area contributed by atoms with Crippen LogP contribution in [0.4, 0.5) is 0 Å². The summed E-state index contributed by atoms with van der Waals surface area (Å²) in [5.74, 6) is 2.03. The van der Waals surface area contributed by atoms with E-state index in [4.69, 9.17) is 21.1 Å². The van der Waals surface area contributed by atoms with Gasteiger partial charge >= 0.3 is 0 Å². The summed E-state index contributed by atoms with van der Waals surface area (Å²) in [6.45, 7) is 2.00. The van der Waals surface area contributed by atoms with E-state index in [0.717, 1.165) is 11.3 Å². The highest BCUT2D eigenvalue weighted by molar-refractivity contribution is 7.91. The van der Waals surface area contributed by atoms with Crippen LogP contribution < -0.4 is 9.47 Å². The van der Waals surface area contributed by atoms with Crippen molar-refractivity contribution in [3.8, 4) is 11.5 Å². The molecule has 0 saturated heterocycles. The molecule has 0 unspecified atom stereocenters. The van der Waals surface area contributed by atoms with E-state index in [9.17, 15) is 8.42 Å². The van der Waals surface area contributed by atoms with Crippen LogP contribution in [0.15, 0.2) is 18.2 Å². The van der Waals surface area contributed by atoms with E-state index in [1.54, 1.807) is 26.2 Å². The van der Waals surface area contributed by atoms with E-state index in [-0.39, 0.29) is 11.5 Å². The third kappa shape index (κ3) is 5.28. The van der Waals surface area contributed by atoms with Crippen LogP contribution in [0.1, 0.15) is 18.9 Å². The predicted octanol–water partition coefficient (Wildman–Crippen LogP) is 2.64. The maximum atomic E-state index is 11.3. The molecule has 0 amide bonds. The van der Waals surface area contributed by atoms with Crippen LogP contribution in [0, 0.1) is 0 Å². The molecular weight excluding hydrogens is 288 g/mol. The van der Waals surface area contributed by atoms with Crippen molar-refractivity contribution in [2.75, 3.05) is 25.2 Å². The summed E-state index contributed by atoms with van der Waals surface area (Å²) in [7, 11) is -1.34. The highest BCUT2D eigenvalue weighted by Gasteiger charge is 2.08. The summed E-state index contributed by atoms with van der Waals surface area (Å²) in [4.78, 5) is 0. The number of hydrogen-bond donors (Lipinski definition) is 0. The Morgan fingerprint density at radius 1 is 1.32 bits per heavy atom. The normalized spacial score (nSPS) is 11.3. The zero-order valence-electron chi connectivity index (χ0n) is 11.2. The van der Waals surface area contributed by atoms with Crippen LogP contribution in [0.25, 0.3) is 0 Å². The summed E-state index contributed by atoms with van der Waals surface area (Å²) >= 11 is 5.84. The van der Waals surface area contributed by atoms with Crippen LogP contribution in [0.5, 0.6) is 11.5 Å². The largest absolute Gasteiger partial charge is 0.497 e. The minimum absolute atomic E-state index is 0.149. The quantitative estimate of drug-likeness (QED) is 0.547. The van der Waals surface area contributed by atoms with Gasteiger partial charge in [-0.1, -0.05) is 6.92 Å². The zero-order valence-corrected chi connectivity index (χ0v) is 12.8. The number of halogens is 1. The first-order chi connectivity index (χ1) is 9.02. The van der Waals surface area contributed by atoms with E-state index < -0.39 is 9.84 Å². The lowest BCUT2D eigenvalue weighted by Gasteiger charge is -2.11. The lowest BCUT2D eigenvalue weighted by Crippen LogP contribution is -2.12. The molecule has 0 N–H and O–H groups in total. The van der Waals surface area contributed by atoms with Crippen molar-refractivity contribution in [2.24, 2.45) is 0 Å². The molecule has 1 aromatic rings. The average molecular weight is 307 g/mol. The standard InChI is InChI=1S/C13H19ClO4S/c1-3-19(15,16)8-4-7-18-13-6-5-12(17-2)9-11(13)10-14/h5-6,9H,3-4,7-8,10H2,1-2H3. The van der Waals surface area contributed by atoms with Gasteiger partial charge in [-0.3, -0.25) is 0 Å². The molecule has 19 heavy (non-hydrogen) atoms. The summed E-state index contributed by atoms with van der Waals surface area (Å²) in [6, 6.07) is 5.38. The maximum Gasteiger partial charge on any atom is 0.150 e. The van der Waals surface area contributed by atoms with Gasteiger partial charge in [0.25, 0.3) is 0 Å². The van der Waals surface area contributed by atoms with Crippen LogP contribution in [-0.2, 0) is 15.7 Å². The SMILES string of the molecule is CCS(=O)(=O)CCCOc1ccc(OC)cc1CCl. The van der Waals surface area contributed by atoms with Crippen molar-refractivity contribution < 1.29 is 17.9 Å². The number of sulfone groups is 1. The Hall–Kier alpha value is -0.940. The van der Waals surface area contributed by atoms with E-state index >= 15 is 0 Å². The highest BCUT2D eigenvalue weighted by atomic mass is 35.5. The molecule has 0 aromatic heterocycles. The van der Waals surface area contributed by atoms with Crippen molar-refractivity contribution >= 4 is 21.4 Å². The van der Waals surface area contributed by atoms with E-state index in [2.05, 4.69) is 0 Å². The van der Waals surface area contributed by atoms with Gasteiger partial charge in [-0.05, 0) is 24.6 Å². The smallest absolute Gasteiger partial charge is 0.150 e. The number of rotatable bonds is 8. The first-order valence-corrected chi connectivity index (χ1v) is 8.44. The first-order valence-electron chi connectivity index (χ1n) is 6.08. The van der Waals surface area contributed by atoms with Gasteiger partial charge in [-0.2, -0.15) is 0 Å². The minimum Gasteiger partial charge on any atom is -0.497 e. The fourth-order valence-electron chi connectivity index (χ4n) is 1.53. The van der Waals surface area contributed by atoms with Crippen LogP contribution in [0.3, 0.4) is 0 Å². The summed E-state index contributed by atoms with van der Waals surface area (Å²) in [5, 5.41) is 0. The second-order valence-electron chi connectivity index (χ2n) is 4.05. The molecule has 0 saturated carbocycles. The second-order valence-corrected chi connectivity index (χ2v) is 6.79. The van der Waals surface area contributed by atoms with Gasteiger partial charge in [0.15, 0.2) is 0 Å². The average Bonchev–Trinajstić information content (AvgIpc) is 2.43. The molecule has 0 heterocycles. The fraction of sp³-hybridized carbons (Fsp3) is 0.538. The Bertz CT molecular complexity index is 499. The Labute approximate surface area is 119 Å². The molecule has 6 heteroatoms. The number of ether oxygens (including phenoxy) is 2. The topological polar surface area (TPSA) is 52.6 Å². The van der Waals surface area contributed by atoms with E-state index in [0.29, 0.717) is 24.7 Å². The Balaban J connectivity index is 2.54. The summed E-state index contributed by atoms with van der Waals surface area (Å²) < 4.78 is 33.3. The van der Waals surface area contributed by atoms with Crippen molar-refractivity contribution in [1.29, 1.82) is 0 Å². The number of methoxy groups -OCH3 is 1. The van der Waals surface area contributed by atoms with Crippen molar-refractivity contribution in [2.45, 2.75) is 19.2 Å². The molecule has 0 aliphatic heterocycles. The zero-order chi connectivity index (χ0) is 14.3. The molecule has 0 atom stereocenters. The van der Waals surface area contributed by atoms with Gasteiger partial charge in [-0.15, -0.1) is 11.6 Å². The molecule has 1 rings (SSSR count). The third-order valence-electron chi connectivity index (χ3n) is 2.71. The van der Waals surface area contributed by atoms with Crippen molar-refractivity contribution in [1.82, 2.24) is 0 Å². The lowest BCUT2D eigenvalue weighted by molar-refractivity contribution is 0.314. The molecule has 0 bridgehead atoms. The Kier molecular flexibility index (Phi) is 6.45. The number of alkyl halides is 1. The molecule has 108 valence electrons. The van der Waals surface area contributed by atoms with Gasteiger partial charge in [0.1, 0.15) is 21.3 Å². The third-order valence-corrected chi connectivity index (χ3v) is 4.79. The number of hydrogen-bond acceptors (Lipinski definition) is 4. The first kappa shape index (κ1) is 16.1. The molecule has 1 aromatic carbocycles. The van der Waals surface area contributed by atoms with Gasteiger partial charge < -0.3 is 9.47 Å². The summed E-state index contributed by atoms with van der Waals surface area (Å²) in [5.41, 5.74) is 0.833. The Morgan fingerprint density at radius 2 is 2.05 bits per heavy atom. The van der Waals surface area contributed by atoms with Crippen LogP contribution in [-0.4, -0.2) is 33.6 Å². The highest BCUT2D eigenvalue weighted by Crippen LogP contribution is 2.25.